The molecule has 0 bridgehead atoms. The molecule has 0 saturated heterocycles. The van der Waals surface area contributed by atoms with E-state index in [9.17, 15) is 13.2 Å². The molecule has 0 atom stereocenters. The van der Waals surface area contributed by atoms with Crippen molar-refractivity contribution in [1.29, 1.82) is 5.26 Å². The van der Waals surface area contributed by atoms with E-state index in [1.54, 1.807) is 12.1 Å². The van der Waals surface area contributed by atoms with Crippen LogP contribution in [0.5, 0.6) is 0 Å². The van der Waals surface area contributed by atoms with Crippen LogP contribution in [0.2, 0.25) is 0 Å². The maximum absolute atomic E-state index is 12.4. The summed E-state index contributed by atoms with van der Waals surface area (Å²) < 4.78 is 37.3. The highest BCUT2D eigenvalue weighted by atomic mass is 19.4. The SMILES string of the molecule is N#Cc1ccc(-c2ccc(C(F)(F)F)cc2)c(N)c1. The van der Waals surface area contributed by atoms with Gasteiger partial charge in [-0.2, -0.15) is 18.4 Å². The van der Waals surface area contributed by atoms with Crippen molar-refractivity contribution in [2.45, 2.75) is 6.18 Å². The third-order valence-electron chi connectivity index (χ3n) is 2.70. The van der Waals surface area contributed by atoms with Crippen LogP contribution < -0.4 is 5.73 Å². The summed E-state index contributed by atoms with van der Waals surface area (Å²) >= 11 is 0. The highest BCUT2D eigenvalue weighted by Crippen LogP contribution is 2.32. The maximum Gasteiger partial charge on any atom is 0.416 e. The van der Waals surface area contributed by atoms with E-state index >= 15 is 0 Å². The van der Waals surface area contributed by atoms with E-state index in [1.165, 1.54) is 18.2 Å². The summed E-state index contributed by atoms with van der Waals surface area (Å²) in [6.45, 7) is 0. The molecule has 0 aliphatic heterocycles. The van der Waals surface area contributed by atoms with Gasteiger partial charge in [-0.15, -0.1) is 0 Å². The fraction of sp³-hybridized carbons (Fsp3) is 0.0714. The fourth-order valence-electron chi connectivity index (χ4n) is 1.73. The monoisotopic (exact) mass is 262 g/mol. The van der Waals surface area contributed by atoms with Gasteiger partial charge in [0.2, 0.25) is 0 Å². The van der Waals surface area contributed by atoms with E-state index in [2.05, 4.69) is 0 Å². The number of hydrogen-bond acceptors (Lipinski definition) is 2. The molecule has 2 rings (SSSR count). The molecule has 2 N–H and O–H groups in total. The Kier molecular flexibility index (Phi) is 3.17. The number of nitrogens with two attached hydrogens (primary N) is 1. The lowest BCUT2D eigenvalue weighted by atomic mass is 10.0. The Hall–Kier alpha value is -2.48. The van der Waals surface area contributed by atoms with Gasteiger partial charge in [0.15, 0.2) is 0 Å². The third kappa shape index (κ3) is 2.68. The first-order valence-electron chi connectivity index (χ1n) is 5.39. The predicted octanol–water partition coefficient (Wildman–Crippen LogP) is 3.83. The van der Waals surface area contributed by atoms with Gasteiger partial charge < -0.3 is 5.73 Å². The Labute approximate surface area is 107 Å². The summed E-state index contributed by atoms with van der Waals surface area (Å²) in [4.78, 5) is 0. The molecule has 0 unspecified atom stereocenters. The first-order chi connectivity index (χ1) is 8.91. The lowest BCUT2D eigenvalue weighted by molar-refractivity contribution is -0.137. The van der Waals surface area contributed by atoms with Gasteiger partial charge in [0, 0.05) is 11.3 Å². The molecular formula is C14H9F3N2. The minimum absolute atomic E-state index is 0.360. The molecule has 0 heterocycles. The summed E-state index contributed by atoms with van der Waals surface area (Å²) in [5, 5.41) is 8.72. The summed E-state index contributed by atoms with van der Waals surface area (Å²) in [7, 11) is 0. The molecule has 5 heteroatoms. The second-order valence-electron chi connectivity index (χ2n) is 3.99. The van der Waals surface area contributed by atoms with E-state index in [0.29, 0.717) is 22.4 Å². The smallest absolute Gasteiger partial charge is 0.398 e. The molecule has 0 saturated carbocycles. The summed E-state index contributed by atoms with van der Waals surface area (Å²) in [5.74, 6) is 0. The van der Waals surface area contributed by atoms with Crippen molar-refractivity contribution in [2.24, 2.45) is 0 Å². The lowest BCUT2D eigenvalue weighted by Crippen LogP contribution is -2.04. The zero-order valence-electron chi connectivity index (χ0n) is 9.70. The summed E-state index contributed by atoms with van der Waals surface area (Å²) in [6.07, 6.45) is -4.35. The predicted molar refractivity (Wildman–Crippen MR) is 66.0 cm³/mol. The molecule has 0 fully saturated rings. The molecule has 96 valence electrons. The van der Waals surface area contributed by atoms with Gasteiger partial charge >= 0.3 is 6.18 Å². The molecule has 2 aromatic carbocycles. The fourth-order valence-corrected chi connectivity index (χ4v) is 1.73. The quantitative estimate of drug-likeness (QED) is 0.794. The number of nitriles is 1. The van der Waals surface area contributed by atoms with Crippen LogP contribution in [0.4, 0.5) is 18.9 Å². The van der Waals surface area contributed by atoms with Crippen molar-refractivity contribution in [1.82, 2.24) is 0 Å². The van der Waals surface area contributed by atoms with Gasteiger partial charge in [-0.05, 0) is 29.8 Å². The number of alkyl halides is 3. The molecule has 0 aliphatic rings. The number of hydrogen-bond donors (Lipinski definition) is 1. The average molecular weight is 262 g/mol. The van der Waals surface area contributed by atoms with E-state index in [0.717, 1.165) is 12.1 Å². The molecule has 0 amide bonds. The van der Waals surface area contributed by atoms with Crippen molar-refractivity contribution >= 4 is 5.69 Å². The van der Waals surface area contributed by atoms with Crippen molar-refractivity contribution < 1.29 is 13.2 Å². The van der Waals surface area contributed by atoms with Gasteiger partial charge in [0.1, 0.15) is 0 Å². The topological polar surface area (TPSA) is 49.8 Å². The van der Waals surface area contributed by atoms with Gasteiger partial charge in [0.05, 0.1) is 17.2 Å². The second kappa shape index (κ2) is 4.65. The molecule has 2 aromatic rings. The Morgan fingerprint density at radius 3 is 2.11 bits per heavy atom. The van der Waals surface area contributed by atoms with Crippen LogP contribution in [0.1, 0.15) is 11.1 Å². The summed E-state index contributed by atoms with van der Waals surface area (Å²) in [6, 6.07) is 11.4. The van der Waals surface area contributed by atoms with Crippen LogP contribution in [0.25, 0.3) is 11.1 Å². The third-order valence-corrected chi connectivity index (χ3v) is 2.70. The largest absolute Gasteiger partial charge is 0.416 e. The van der Waals surface area contributed by atoms with E-state index in [-0.39, 0.29) is 0 Å². The standard InChI is InChI=1S/C14H9F3N2/c15-14(16,17)11-4-2-10(3-5-11)12-6-1-9(8-18)7-13(12)19/h1-7H,19H2. The van der Waals surface area contributed by atoms with Gasteiger partial charge in [-0.1, -0.05) is 18.2 Å². The molecule has 19 heavy (non-hydrogen) atoms. The minimum Gasteiger partial charge on any atom is -0.398 e. The van der Waals surface area contributed by atoms with Crippen molar-refractivity contribution in [3.63, 3.8) is 0 Å². The Morgan fingerprint density at radius 2 is 1.63 bits per heavy atom. The lowest BCUT2D eigenvalue weighted by Gasteiger charge is -2.09. The van der Waals surface area contributed by atoms with Gasteiger partial charge in [-0.3, -0.25) is 0 Å². The van der Waals surface area contributed by atoms with Crippen molar-refractivity contribution in [3.8, 4) is 17.2 Å². The Morgan fingerprint density at radius 1 is 1.00 bits per heavy atom. The highest BCUT2D eigenvalue weighted by Gasteiger charge is 2.29. The highest BCUT2D eigenvalue weighted by molar-refractivity contribution is 5.77. The molecule has 0 aromatic heterocycles. The first-order valence-corrected chi connectivity index (χ1v) is 5.39. The first kappa shape index (κ1) is 13.0. The normalized spacial score (nSPS) is 11.1. The number of nitrogen functional groups attached to an aromatic ring is 1. The molecule has 0 aliphatic carbocycles. The zero-order chi connectivity index (χ0) is 14.0. The number of nitrogens with zero attached hydrogens (tertiary/aromatic N) is 1. The molecule has 2 nitrogen and oxygen atoms in total. The van der Waals surface area contributed by atoms with E-state index in [1.807, 2.05) is 6.07 Å². The molecule has 0 spiro atoms. The molecular weight excluding hydrogens is 253 g/mol. The van der Waals surface area contributed by atoms with Gasteiger partial charge in [-0.25, -0.2) is 0 Å². The van der Waals surface area contributed by atoms with Crippen LogP contribution in [0.3, 0.4) is 0 Å². The van der Waals surface area contributed by atoms with E-state index in [4.69, 9.17) is 11.0 Å². The van der Waals surface area contributed by atoms with E-state index < -0.39 is 11.7 Å². The van der Waals surface area contributed by atoms with Crippen LogP contribution in [-0.2, 0) is 6.18 Å². The van der Waals surface area contributed by atoms with Crippen LogP contribution in [0, 0.1) is 11.3 Å². The average Bonchev–Trinajstić information content (AvgIpc) is 2.37. The van der Waals surface area contributed by atoms with Crippen molar-refractivity contribution in [2.75, 3.05) is 5.73 Å². The number of benzene rings is 2. The Balaban J connectivity index is 2.41. The van der Waals surface area contributed by atoms with Crippen molar-refractivity contribution in [3.05, 3.63) is 53.6 Å². The number of anilines is 1. The Bertz CT molecular complexity index is 637. The summed E-state index contributed by atoms with van der Waals surface area (Å²) in [5.41, 5.74) is 7.03. The zero-order valence-corrected chi connectivity index (χ0v) is 9.70. The maximum atomic E-state index is 12.4. The molecule has 0 radical (unpaired) electrons. The number of rotatable bonds is 1. The second-order valence-corrected chi connectivity index (χ2v) is 3.99. The van der Waals surface area contributed by atoms with Crippen LogP contribution in [-0.4, -0.2) is 0 Å². The van der Waals surface area contributed by atoms with Gasteiger partial charge in [0.25, 0.3) is 0 Å². The minimum atomic E-state index is -4.35. The van der Waals surface area contributed by atoms with Crippen LogP contribution in [0.15, 0.2) is 42.5 Å². The number of halogens is 3. The van der Waals surface area contributed by atoms with Crippen LogP contribution >= 0.6 is 0 Å².